The first kappa shape index (κ1) is 18.8. The fourth-order valence-electron chi connectivity index (χ4n) is 3.20. The van der Waals surface area contributed by atoms with Crippen LogP contribution >= 0.6 is 0 Å². The van der Waals surface area contributed by atoms with Crippen molar-refractivity contribution in [1.29, 1.82) is 0 Å². The molecule has 27 heavy (non-hydrogen) atoms. The van der Waals surface area contributed by atoms with E-state index in [1.165, 1.54) is 24.3 Å². The number of hydrazine groups is 1. The van der Waals surface area contributed by atoms with Crippen LogP contribution in [0.5, 0.6) is 0 Å². The van der Waals surface area contributed by atoms with E-state index in [4.69, 9.17) is 4.74 Å². The molecule has 0 aromatic heterocycles. The molecule has 3 N–H and O–H groups in total. The minimum atomic E-state index is -0.519. The van der Waals surface area contributed by atoms with Gasteiger partial charge < -0.3 is 10.1 Å². The van der Waals surface area contributed by atoms with E-state index in [-0.39, 0.29) is 11.0 Å². The summed E-state index contributed by atoms with van der Waals surface area (Å²) < 4.78 is 18.4. The number of urea groups is 1. The highest BCUT2D eigenvalue weighted by molar-refractivity contribution is 5.95. The summed E-state index contributed by atoms with van der Waals surface area (Å²) in [6, 6.07) is 14.6. The highest BCUT2D eigenvalue weighted by atomic mass is 19.1. The summed E-state index contributed by atoms with van der Waals surface area (Å²) in [5, 5.41) is 2.83. The summed E-state index contributed by atoms with van der Waals surface area (Å²) >= 11 is 0. The van der Waals surface area contributed by atoms with Crippen molar-refractivity contribution in [2.45, 2.75) is 18.3 Å². The van der Waals surface area contributed by atoms with E-state index in [2.05, 4.69) is 28.3 Å². The second-order valence-electron chi connectivity index (χ2n) is 6.53. The zero-order valence-electron chi connectivity index (χ0n) is 14.8. The fraction of sp³-hybridized carbons (Fsp3) is 0.300. The lowest BCUT2D eigenvalue weighted by atomic mass is 9.74. The molecule has 1 heterocycles. The van der Waals surface area contributed by atoms with Crippen LogP contribution in [0, 0.1) is 5.82 Å². The number of rotatable bonds is 4. The molecule has 3 amide bonds. The smallest absolute Gasteiger partial charge is 0.333 e. The van der Waals surface area contributed by atoms with Crippen LogP contribution in [0.1, 0.15) is 28.8 Å². The van der Waals surface area contributed by atoms with Crippen molar-refractivity contribution in [1.82, 2.24) is 16.2 Å². The minimum Gasteiger partial charge on any atom is -0.381 e. The molecule has 0 bridgehead atoms. The maximum absolute atomic E-state index is 12.9. The molecule has 0 atom stereocenters. The van der Waals surface area contributed by atoms with Gasteiger partial charge in [0.1, 0.15) is 5.82 Å². The Hall–Kier alpha value is -2.93. The zero-order valence-corrected chi connectivity index (χ0v) is 14.8. The largest absolute Gasteiger partial charge is 0.381 e. The van der Waals surface area contributed by atoms with Crippen LogP contribution in [0.25, 0.3) is 0 Å². The van der Waals surface area contributed by atoms with Crippen LogP contribution in [-0.2, 0) is 10.2 Å². The maximum Gasteiger partial charge on any atom is 0.333 e. The van der Waals surface area contributed by atoms with Crippen LogP contribution in [0.4, 0.5) is 9.18 Å². The molecule has 1 fully saturated rings. The van der Waals surface area contributed by atoms with Gasteiger partial charge in [-0.1, -0.05) is 30.3 Å². The van der Waals surface area contributed by atoms with Gasteiger partial charge in [-0.3, -0.25) is 10.2 Å². The van der Waals surface area contributed by atoms with Gasteiger partial charge in [0.05, 0.1) is 0 Å². The van der Waals surface area contributed by atoms with Crippen molar-refractivity contribution in [2.24, 2.45) is 0 Å². The fourth-order valence-corrected chi connectivity index (χ4v) is 3.20. The first-order valence-corrected chi connectivity index (χ1v) is 8.82. The van der Waals surface area contributed by atoms with Crippen LogP contribution in [0.3, 0.4) is 0 Å². The Morgan fingerprint density at radius 1 is 0.963 bits per heavy atom. The molecule has 7 heteroatoms. The minimum absolute atomic E-state index is 0.197. The molecular weight excluding hydrogens is 349 g/mol. The molecule has 2 aromatic carbocycles. The molecule has 3 rings (SSSR count). The molecule has 142 valence electrons. The lowest BCUT2D eigenvalue weighted by molar-refractivity contribution is 0.0506. The van der Waals surface area contributed by atoms with E-state index in [1.54, 1.807) is 0 Å². The third-order valence-electron chi connectivity index (χ3n) is 4.82. The van der Waals surface area contributed by atoms with Gasteiger partial charge in [0, 0.05) is 30.7 Å². The lowest BCUT2D eigenvalue weighted by Crippen LogP contribution is -2.51. The molecule has 1 aliphatic rings. The summed E-state index contributed by atoms with van der Waals surface area (Å²) in [5.74, 6) is -0.950. The van der Waals surface area contributed by atoms with Crippen molar-refractivity contribution in [3.63, 3.8) is 0 Å². The van der Waals surface area contributed by atoms with Crippen LogP contribution < -0.4 is 16.2 Å². The van der Waals surface area contributed by atoms with E-state index in [9.17, 15) is 14.0 Å². The number of benzene rings is 2. The molecule has 1 aliphatic heterocycles. The van der Waals surface area contributed by atoms with Gasteiger partial charge >= 0.3 is 6.03 Å². The van der Waals surface area contributed by atoms with Crippen LogP contribution in [0.2, 0.25) is 0 Å². The van der Waals surface area contributed by atoms with Gasteiger partial charge in [0.15, 0.2) is 0 Å². The van der Waals surface area contributed by atoms with Gasteiger partial charge in [-0.25, -0.2) is 14.6 Å². The van der Waals surface area contributed by atoms with Crippen molar-refractivity contribution in [3.8, 4) is 0 Å². The molecule has 0 aliphatic carbocycles. The molecule has 0 spiro atoms. The van der Waals surface area contributed by atoms with Gasteiger partial charge in [-0.15, -0.1) is 0 Å². The summed E-state index contributed by atoms with van der Waals surface area (Å²) in [7, 11) is 0. The second kappa shape index (κ2) is 8.64. The van der Waals surface area contributed by atoms with Crippen molar-refractivity contribution >= 4 is 11.9 Å². The van der Waals surface area contributed by atoms with Crippen LogP contribution in [0.15, 0.2) is 54.6 Å². The molecule has 1 saturated heterocycles. The highest BCUT2D eigenvalue weighted by Crippen LogP contribution is 2.34. The lowest BCUT2D eigenvalue weighted by Gasteiger charge is -2.37. The van der Waals surface area contributed by atoms with E-state index in [0.29, 0.717) is 19.8 Å². The zero-order chi connectivity index (χ0) is 19.1. The Labute approximate surface area is 157 Å². The summed E-state index contributed by atoms with van der Waals surface area (Å²) in [4.78, 5) is 24.1. The Balaban J connectivity index is 1.55. The average molecular weight is 371 g/mol. The summed E-state index contributed by atoms with van der Waals surface area (Å²) in [6.45, 7) is 1.71. The Bertz CT molecular complexity index is 775. The number of halogens is 1. The highest BCUT2D eigenvalue weighted by Gasteiger charge is 2.34. The number of nitrogens with one attached hydrogen (secondary N) is 3. The predicted octanol–water partition coefficient (Wildman–Crippen LogP) is 2.52. The number of hydrogen-bond acceptors (Lipinski definition) is 3. The van der Waals surface area contributed by atoms with E-state index in [1.807, 2.05) is 18.2 Å². The molecule has 6 nitrogen and oxygen atoms in total. The third kappa shape index (κ3) is 4.83. The Morgan fingerprint density at radius 3 is 2.30 bits per heavy atom. The Morgan fingerprint density at radius 2 is 1.63 bits per heavy atom. The van der Waals surface area contributed by atoms with E-state index < -0.39 is 17.8 Å². The van der Waals surface area contributed by atoms with Gasteiger partial charge in [0.25, 0.3) is 5.91 Å². The normalized spacial score (nSPS) is 15.6. The van der Waals surface area contributed by atoms with Gasteiger partial charge in [-0.05, 0) is 42.7 Å². The van der Waals surface area contributed by atoms with Crippen molar-refractivity contribution in [2.75, 3.05) is 19.8 Å². The number of ether oxygens (including phenoxy) is 1. The standard InChI is InChI=1S/C20H22FN3O3/c21-17-8-6-15(7-9-17)18(25)23-24-19(26)22-14-20(10-12-27-13-11-20)16-4-2-1-3-5-16/h1-9H,10-14H2,(H,23,25)(H2,22,24,26). The number of amides is 3. The topological polar surface area (TPSA) is 79.5 Å². The Kier molecular flexibility index (Phi) is 6.03. The van der Waals surface area contributed by atoms with E-state index >= 15 is 0 Å². The molecule has 0 unspecified atom stereocenters. The monoisotopic (exact) mass is 371 g/mol. The average Bonchev–Trinajstić information content (AvgIpc) is 2.72. The summed E-state index contributed by atoms with van der Waals surface area (Å²) in [6.07, 6.45) is 1.61. The maximum atomic E-state index is 12.9. The number of hydrogen-bond donors (Lipinski definition) is 3. The third-order valence-corrected chi connectivity index (χ3v) is 4.82. The number of carbonyl (C=O) groups is 2. The van der Waals surface area contributed by atoms with Crippen molar-refractivity contribution < 1.29 is 18.7 Å². The summed E-state index contributed by atoms with van der Waals surface area (Å²) in [5.41, 5.74) is 5.85. The predicted molar refractivity (Wildman–Crippen MR) is 98.6 cm³/mol. The molecular formula is C20H22FN3O3. The molecule has 2 aromatic rings. The molecule has 0 saturated carbocycles. The quantitative estimate of drug-likeness (QED) is 0.723. The van der Waals surface area contributed by atoms with Crippen molar-refractivity contribution in [3.05, 3.63) is 71.5 Å². The SMILES string of the molecule is O=C(NCC1(c2ccccc2)CCOCC1)NNC(=O)c1ccc(F)cc1. The molecule has 0 radical (unpaired) electrons. The van der Waals surface area contributed by atoms with E-state index in [0.717, 1.165) is 18.4 Å². The van der Waals surface area contributed by atoms with Crippen LogP contribution in [-0.4, -0.2) is 31.7 Å². The van der Waals surface area contributed by atoms with Gasteiger partial charge in [-0.2, -0.15) is 0 Å². The second-order valence-corrected chi connectivity index (χ2v) is 6.53. The number of carbonyl (C=O) groups excluding carboxylic acids is 2. The first-order valence-electron chi connectivity index (χ1n) is 8.82. The first-order chi connectivity index (χ1) is 13.1. The van der Waals surface area contributed by atoms with Gasteiger partial charge in [0.2, 0.25) is 0 Å².